The summed E-state index contributed by atoms with van der Waals surface area (Å²) in [4.78, 5) is 30.6. The number of nitrogens with zero attached hydrogens (tertiary/aromatic N) is 1. The van der Waals surface area contributed by atoms with E-state index in [2.05, 4.69) is 29.5 Å². The molecule has 0 saturated heterocycles. The van der Waals surface area contributed by atoms with Crippen molar-refractivity contribution < 1.29 is 9.59 Å². The molecule has 0 radical (unpaired) electrons. The van der Waals surface area contributed by atoms with Gasteiger partial charge in [0.05, 0.1) is 11.5 Å². The highest BCUT2D eigenvalue weighted by Crippen LogP contribution is 2.63. The molecule has 186 valence electrons. The van der Waals surface area contributed by atoms with Crippen molar-refractivity contribution in [1.82, 2.24) is 10.3 Å². The van der Waals surface area contributed by atoms with Crippen molar-refractivity contribution in [2.45, 2.75) is 57.4 Å². The van der Waals surface area contributed by atoms with Crippen molar-refractivity contribution in [1.29, 1.82) is 0 Å². The Kier molecular flexibility index (Phi) is 6.39. The fourth-order valence-corrected chi connectivity index (χ4v) is 7.36. The molecule has 0 aliphatic heterocycles. The smallest absolute Gasteiger partial charge is 0.237 e. The summed E-state index contributed by atoms with van der Waals surface area (Å²) < 4.78 is 0. The van der Waals surface area contributed by atoms with E-state index in [0.29, 0.717) is 29.3 Å². The maximum Gasteiger partial charge on any atom is 0.237 e. The number of nitrogens with two attached hydrogens (primary N) is 1. The molecule has 1 aromatic carbocycles. The molecule has 4 saturated carbocycles. The molecular formula is C28H35ClN4O2. The van der Waals surface area contributed by atoms with Gasteiger partial charge in [0.15, 0.2) is 0 Å². The molecule has 6 rings (SSSR count). The Hall–Kier alpha value is -2.44. The monoisotopic (exact) mass is 494 g/mol. The SMILES string of the molecule is CC(C)(CNC(=O)[C@@H](N)C1C2CC3CC1CC(C(=O)Nc1ccncc1)(C3)C2)c1ccc(Cl)cc1. The van der Waals surface area contributed by atoms with Gasteiger partial charge in [-0.25, -0.2) is 0 Å². The summed E-state index contributed by atoms with van der Waals surface area (Å²) in [5.41, 5.74) is 7.96. The van der Waals surface area contributed by atoms with Crippen LogP contribution in [0.5, 0.6) is 0 Å². The molecule has 4 fully saturated rings. The standard InChI is InChI=1S/C28H35ClN4O2/c1-27(2,20-3-5-21(29)6-4-20)16-32-25(34)24(30)23-18-11-17-12-19(23)15-28(13-17,14-18)26(35)33-22-7-9-31-10-8-22/h3-10,17-19,23-24H,11-16,30H2,1-2H3,(H,32,34)(H,31,33,35)/t17?,18?,19?,23?,24-,28?/m0/s1. The first-order chi connectivity index (χ1) is 16.7. The van der Waals surface area contributed by atoms with Crippen molar-refractivity contribution in [2.75, 3.05) is 11.9 Å². The van der Waals surface area contributed by atoms with Crippen LogP contribution in [0.15, 0.2) is 48.8 Å². The molecule has 4 N–H and O–H groups in total. The normalized spacial score (nSPS) is 30.1. The summed E-state index contributed by atoms with van der Waals surface area (Å²) in [7, 11) is 0. The first-order valence-corrected chi connectivity index (χ1v) is 13.1. The summed E-state index contributed by atoms with van der Waals surface area (Å²) in [6.45, 7) is 4.72. The van der Waals surface area contributed by atoms with Crippen LogP contribution in [-0.4, -0.2) is 29.4 Å². The van der Waals surface area contributed by atoms with E-state index in [1.165, 1.54) is 0 Å². The molecule has 7 heteroatoms. The van der Waals surface area contributed by atoms with E-state index in [0.717, 1.165) is 43.4 Å². The maximum absolute atomic E-state index is 13.4. The summed E-state index contributed by atoms with van der Waals surface area (Å²) in [6, 6.07) is 10.9. The highest BCUT2D eigenvalue weighted by atomic mass is 35.5. The van der Waals surface area contributed by atoms with Crippen LogP contribution in [0, 0.1) is 29.1 Å². The lowest BCUT2D eigenvalue weighted by Gasteiger charge is -2.60. The number of halogens is 1. The predicted octanol–water partition coefficient (Wildman–Crippen LogP) is 4.54. The Balaban J connectivity index is 1.24. The van der Waals surface area contributed by atoms with E-state index in [4.69, 9.17) is 17.3 Å². The Bertz CT molecular complexity index is 1070. The molecule has 3 atom stereocenters. The highest BCUT2D eigenvalue weighted by molar-refractivity contribution is 6.30. The fraction of sp³-hybridized carbons (Fsp3) is 0.536. The van der Waals surface area contributed by atoms with Crippen LogP contribution in [0.3, 0.4) is 0 Å². The molecule has 35 heavy (non-hydrogen) atoms. The molecule has 6 nitrogen and oxygen atoms in total. The van der Waals surface area contributed by atoms with Crippen molar-refractivity contribution in [2.24, 2.45) is 34.8 Å². The number of nitrogens with one attached hydrogen (secondary N) is 2. The molecule has 1 aromatic heterocycles. The number of anilines is 1. The van der Waals surface area contributed by atoms with Crippen LogP contribution >= 0.6 is 11.6 Å². The second-order valence-electron chi connectivity index (χ2n) is 11.7. The van der Waals surface area contributed by atoms with E-state index < -0.39 is 6.04 Å². The molecule has 4 aliphatic rings. The lowest BCUT2D eigenvalue weighted by atomic mass is 9.45. The molecule has 2 amide bonds. The quantitative estimate of drug-likeness (QED) is 0.526. The molecular weight excluding hydrogens is 460 g/mol. The van der Waals surface area contributed by atoms with Crippen LogP contribution in [0.1, 0.15) is 51.5 Å². The van der Waals surface area contributed by atoms with Gasteiger partial charge < -0.3 is 16.4 Å². The van der Waals surface area contributed by atoms with Crippen molar-refractivity contribution in [3.63, 3.8) is 0 Å². The summed E-state index contributed by atoms with van der Waals surface area (Å²) in [5, 5.41) is 6.95. The van der Waals surface area contributed by atoms with Crippen LogP contribution in [0.4, 0.5) is 5.69 Å². The zero-order valence-corrected chi connectivity index (χ0v) is 21.2. The van der Waals surface area contributed by atoms with Crippen molar-refractivity contribution in [3.05, 3.63) is 59.4 Å². The van der Waals surface area contributed by atoms with Crippen molar-refractivity contribution >= 4 is 29.1 Å². The van der Waals surface area contributed by atoms with Crippen molar-refractivity contribution in [3.8, 4) is 0 Å². The molecule has 1 heterocycles. The third-order valence-corrected chi connectivity index (χ3v) is 9.07. The number of aromatic nitrogens is 1. The average molecular weight is 495 g/mol. The molecule has 2 aromatic rings. The van der Waals surface area contributed by atoms with Gasteiger partial charge in [0, 0.05) is 35.1 Å². The average Bonchev–Trinajstić information content (AvgIpc) is 2.82. The number of carbonyl (C=O) groups is 2. The predicted molar refractivity (Wildman–Crippen MR) is 138 cm³/mol. The molecule has 0 spiro atoms. The number of hydrogen-bond acceptors (Lipinski definition) is 4. The third kappa shape index (κ3) is 4.70. The Morgan fingerprint density at radius 1 is 1.09 bits per heavy atom. The minimum absolute atomic E-state index is 0.0835. The second kappa shape index (κ2) is 9.21. The Morgan fingerprint density at radius 2 is 1.71 bits per heavy atom. The van der Waals surface area contributed by atoms with E-state index in [1.807, 2.05) is 36.4 Å². The highest BCUT2D eigenvalue weighted by Gasteiger charge is 2.60. The number of pyridine rings is 1. The van der Waals surface area contributed by atoms with Gasteiger partial charge in [-0.3, -0.25) is 14.6 Å². The minimum atomic E-state index is -0.550. The van der Waals surface area contributed by atoms with Gasteiger partial charge in [-0.1, -0.05) is 37.6 Å². The van der Waals surface area contributed by atoms with E-state index in [9.17, 15) is 9.59 Å². The van der Waals surface area contributed by atoms with E-state index in [1.54, 1.807) is 12.4 Å². The van der Waals surface area contributed by atoms with E-state index in [-0.39, 0.29) is 28.6 Å². The molecule has 4 bridgehead atoms. The lowest BCUT2D eigenvalue weighted by molar-refractivity contribution is -0.151. The third-order valence-electron chi connectivity index (χ3n) is 8.81. The van der Waals surface area contributed by atoms with Crippen LogP contribution in [0.25, 0.3) is 0 Å². The Morgan fingerprint density at radius 3 is 2.34 bits per heavy atom. The van der Waals surface area contributed by atoms with Crippen LogP contribution in [0.2, 0.25) is 5.02 Å². The van der Waals surface area contributed by atoms with Crippen LogP contribution in [-0.2, 0) is 15.0 Å². The zero-order chi connectivity index (χ0) is 24.8. The number of carbonyl (C=O) groups excluding carboxylic acids is 2. The minimum Gasteiger partial charge on any atom is -0.354 e. The first-order valence-electron chi connectivity index (χ1n) is 12.7. The van der Waals surface area contributed by atoms with Gasteiger partial charge in [0.2, 0.25) is 11.8 Å². The Labute approximate surface area is 212 Å². The summed E-state index contributed by atoms with van der Waals surface area (Å²) in [6.07, 6.45) is 8.11. The zero-order valence-electron chi connectivity index (χ0n) is 20.5. The van der Waals surface area contributed by atoms with Crippen LogP contribution < -0.4 is 16.4 Å². The molecule has 2 unspecified atom stereocenters. The first kappa shape index (κ1) is 24.3. The van der Waals surface area contributed by atoms with Gasteiger partial charge in [-0.15, -0.1) is 0 Å². The number of rotatable bonds is 7. The van der Waals surface area contributed by atoms with Gasteiger partial charge in [-0.2, -0.15) is 0 Å². The summed E-state index contributed by atoms with van der Waals surface area (Å²) in [5.74, 6) is 1.34. The topological polar surface area (TPSA) is 97.1 Å². The molecule has 4 aliphatic carbocycles. The van der Waals surface area contributed by atoms with Gasteiger partial charge in [0.25, 0.3) is 0 Å². The second-order valence-corrected chi connectivity index (χ2v) is 12.1. The largest absolute Gasteiger partial charge is 0.354 e. The fourth-order valence-electron chi connectivity index (χ4n) is 7.23. The van der Waals surface area contributed by atoms with Gasteiger partial charge >= 0.3 is 0 Å². The van der Waals surface area contributed by atoms with Gasteiger partial charge in [-0.05, 0) is 85.6 Å². The number of hydrogen-bond donors (Lipinski definition) is 3. The number of amides is 2. The maximum atomic E-state index is 13.4. The van der Waals surface area contributed by atoms with Gasteiger partial charge in [0.1, 0.15) is 0 Å². The number of benzene rings is 1. The lowest BCUT2D eigenvalue weighted by Crippen LogP contribution is -2.61. The van der Waals surface area contributed by atoms with E-state index >= 15 is 0 Å². The summed E-state index contributed by atoms with van der Waals surface area (Å²) >= 11 is 6.03.